The van der Waals surface area contributed by atoms with Gasteiger partial charge in [-0.15, -0.1) is 0 Å². The van der Waals surface area contributed by atoms with Crippen LogP contribution in [-0.4, -0.2) is 18.4 Å². The van der Waals surface area contributed by atoms with E-state index in [1.807, 2.05) is 12.1 Å². The normalized spacial score (nSPS) is 13.8. The summed E-state index contributed by atoms with van der Waals surface area (Å²) in [7, 11) is 0. The molecule has 0 aliphatic carbocycles. The van der Waals surface area contributed by atoms with Crippen LogP contribution >= 0.6 is 0 Å². The van der Waals surface area contributed by atoms with Gasteiger partial charge in [0.05, 0.1) is 0 Å². The Morgan fingerprint density at radius 1 is 0.818 bits per heavy atom. The summed E-state index contributed by atoms with van der Waals surface area (Å²) in [5.74, 6) is 0. The molecule has 0 fully saturated rings. The molecule has 124 valence electrons. The Morgan fingerprint density at radius 3 is 1.68 bits per heavy atom. The minimum absolute atomic E-state index is 0.988. The van der Waals surface area contributed by atoms with Crippen LogP contribution in [0.4, 0.5) is 0 Å². The monoisotopic (exact) mass is 364 g/mol. The van der Waals surface area contributed by atoms with Crippen molar-refractivity contribution in [1.82, 2.24) is 0 Å². The molecule has 0 radical (unpaired) electrons. The minimum atomic E-state index is -2.00. The molecule has 0 aliphatic rings. The van der Waals surface area contributed by atoms with Gasteiger partial charge in [0.1, 0.15) is 0 Å². The summed E-state index contributed by atoms with van der Waals surface area (Å²) in [6, 6.07) is 8.33. The molecule has 0 unspecified atom stereocenters. The van der Waals surface area contributed by atoms with Crippen LogP contribution in [-0.2, 0) is 0 Å². The van der Waals surface area contributed by atoms with Crippen molar-refractivity contribution in [3.63, 3.8) is 0 Å². The molecule has 0 bridgehead atoms. The standard InChI is InChI=1S/C20H34GeO/c1-4-7-14-21(15-8-5-2,16-9-6-3)17-19-12-10-11-13-20(19)18-22/h10-13,17-18,22H,4-9,14-16H2,1-3H3/b19-17+,20-18-. The first-order chi connectivity index (χ1) is 10.7. The molecule has 0 saturated heterocycles. The van der Waals surface area contributed by atoms with Gasteiger partial charge in [-0.25, -0.2) is 0 Å². The van der Waals surface area contributed by atoms with E-state index in [9.17, 15) is 5.11 Å². The average molecular weight is 363 g/mol. The van der Waals surface area contributed by atoms with Gasteiger partial charge >= 0.3 is 139 Å². The summed E-state index contributed by atoms with van der Waals surface area (Å²) in [5.41, 5.74) is 0. The van der Waals surface area contributed by atoms with Crippen molar-refractivity contribution in [2.24, 2.45) is 0 Å². The molecule has 0 amide bonds. The molecule has 1 N–H and O–H groups in total. The summed E-state index contributed by atoms with van der Waals surface area (Å²) in [6.07, 6.45) is 9.28. The molecule has 1 aromatic rings. The maximum absolute atomic E-state index is 9.52. The molecule has 0 aliphatic heterocycles. The molecule has 0 spiro atoms. The van der Waals surface area contributed by atoms with Gasteiger partial charge in [0.15, 0.2) is 0 Å². The van der Waals surface area contributed by atoms with Crippen LogP contribution in [0.15, 0.2) is 24.3 Å². The van der Waals surface area contributed by atoms with Crippen LogP contribution < -0.4 is 10.4 Å². The van der Waals surface area contributed by atoms with E-state index in [-0.39, 0.29) is 0 Å². The van der Waals surface area contributed by atoms with E-state index in [0.717, 1.165) is 5.22 Å². The number of rotatable bonds is 10. The van der Waals surface area contributed by atoms with Gasteiger partial charge in [-0.05, 0) is 0 Å². The fourth-order valence-electron chi connectivity index (χ4n) is 3.27. The zero-order chi connectivity index (χ0) is 16.3. The Hall–Kier alpha value is -0.697. The van der Waals surface area contributed by atoms with E-state index in [2.05, 4.69) is 37.8 Å². The van der Waals surface area contributed by atoms with E-state index < -0.39 is 13.3 Å². The molecular weight excluding hydrogens is 329 g/mol. The first-order valence-electron chi connectivity index (χ1n) is 9.13. The average Bonchev–Trinajstić information content (AvgIpc) is 2.56. The maximum atomic E-state index is 9.52. The van der Waals surface area contributed by atoms with Crippen molar-refractivity contribution in [1.29, 1.82) is 0 Å². The van der Waals surface area contributed by atoms with Crippen molar-refractivity contribution in [2.45, 2.75) is 75.1 Å². The number of aliphatic hydroxyl groups is 1. The number of benzene rings is 1. The molecule has 0 atom stereocenters. The van der Waals surface area contributed by atoms with Crippen LogP contribution in [0.5, 0.6) is 0 Å². The number of hydrogen-bond donors (Lipinski definition) is 1. The zero-order valence-electron chi connectivity index (χ0n) is 14.8. The topological polar surface area (TPSA) is 20.2 Å². The molecule has 22 heavy (non-hydrogen) atoms. The molecule has 0 saturated carbocycles. The third-order valence-corrected chi connectivity index (χ3v) is 15.1. The Morgan fingerprint density at radius 2 is 1.27 bits per heavy atom. The Kier molecular flexibility index (Phi) is 9.62. The molecule has 1 nitrogen and oxygen atoms in total. The second-order valence-corrected chi connectivity index (χ2v) is 16.0. The second-order valence-electron chi connectivity index (χ2n) is 6.58. The molecule has 0 aromatic heterocycles. The van der Waals surface area contributed by atoms with Gasteiger partial charge in [-0.3, -0.25) is 0 Å². The van der Waals surface area contributed by atoms with Gasteiger partial charge in [-0.2, -0.15) is 0 Å². The molecule has 1 aromatic carbocycles. The van der Waals surface area contributed by atoms with Gasteiger partial charge in [0, 0.05) is 0 Å². The van der Waals surface area contributed by atoms with Crippen LogP contribution in [0, 0.1) is 0 Å². The third kappa shape index (κ3) is 6.20. The summed E-state index contributed by atoms with van der Waals surface area (Å²) < 4.78 is 0. The zero-order valence-corrected chi connectivity index (χ0v) is 16.9. The van der Waals surface area contributed by atoms with Crippen molar-refractivity contribution in [3.05, 3.63) is 34.7 Å². The fraction of sp³-hybridized carbons (Fsp3) is 0.600. The van der Waals surface area contributed by atoms with E-state index in [4.69, 9.17) is 0 Å². The number of unbranched alkanes of at least 4 members (excludes halogenated alkanes) is 3. The van der Waals surface area contributed by atoms with E-state index in [1.54, 1.807) is 0 Å². The summed E-state index contributed by atoms with van der Waals surface area (Å²) in [5, 5.41) is 16.1. The molecule has 0 heterocycles. The molecule has 2 heteroatoms. The summed E-state index contributed by atoms with van der Waals surface area (Å²) >= 11 is -2.00. The Balaban J connectivity index is 3.25. The van der Waals surface area contributed by atoms with Gasteiger partial charge in [0.2, 0.25) is 0 Å². The van der Waals surface area contributed by atoms with Crippen LogP contribution in [0.1, 0.15) is 59.3 Å². The second kappa shape index (κ2) is 10.9. The first kappa shape index (κ1) is 19.3. The number of aliphatic hydroxyl groups excluding tert-OH is 1. The quantitative estimate of drug-likeness (QED) is 0.570. The summed E-state index contributed by atoms with van der Waals surface area (Å²) in [6.45, 7) is 6.92. The van der Waals surface area contributed by atoms with Crippen molar-refractivity contribution in [3.8, 4) is 0 Å². The van der Waals surface area contributed by atoms with Crippen molar-refractivity contribution in [2.75, 3.05) is 0 Å². The SMILES string of the molecule is CCC[CH2][Ge](/[CH]=c1\cccc\c1=C\O)([CH2]CCC)[CH2]CCC. The van der Waals surface area contributed by atoms with Crippen LogP contribution in [0.2, 0.25) is 15.8 Å². The Labute approximate surface area is 139 Å². The van der Waals surface area contributed by atoms with E-state index in [1.165, 1.54) is 65.8 Å². The predicted molar refractivity (Wildman–Crippen MR) is 102 cm³/mol. The Bertz CT molecular complexity index is 499. The van der Waals surface area contributed by atoms with Crippen molar-refractivity contribution < 1.29 is 5.11 Å². The molecular formula is C20H34GeO. The van der Waals surface area contributed by atoms with E-state index in [0.29, 0.717) is 0 Å². The first-order valence-corrected chi connectivity index (χ1v) is 14.8. The van der Waals surface area contributed by atoms with Gasteiger partial charge < -0.3 is 0 Å². The van der Waals surface area contributed by atoms with Crippen LogP contribution in [0.3, 0.4) is 0 Å². The summed E-state index contributed by atoms with van der Waals surface area (Å²) in [4.78, 5) is 2.66. The van der Waals surface area contributed by atoms with Gasteiger partial charge in [0.25, 0.3) is 0 Å². The molecule has 1 rings (SSSR count). The predicted octanol–water partition coefficient (Wildman–Crippen LogP) is 5.15. The van der Waals surface area contributed by atoms with Crippen LogP contribution in [0.25, 0.3) is 11.2 Å². The fourth-order valence-corrected chi connectivity index (χ4v) is 14.3. The van der Waals surface area contributed by atoms with Gasteiger partial charge in [-0.1, -0.05) is 0 Å². The van der Waals surface area contributed by atoms with Crippen molar-refractivity contribution >= 4 is 24.4 Å². The van der Waals surface area contributed by atoms with E-state index >= 15 is 0 Å². The number of hydrogen-bond acceptors (Lipinski definition) is 1. The third-order valence-electron chi connectivity index (χ3n) is 4.68.